The average molecular weight is 308 g/mol. The Labute approximate surface area is 112 Å². The minimum Gasteiger partial charge on any atom is -0.366 e. The molecule has 0 bridgehead atoms. The number of aromatic nitrogens is 1. The first-order valence-electron chi connectivity index (χ1n) is 5.25. The highest BCUT2D eigenvalue weighted by atomic mass is 79.9. The van der Waals surface area contributed by atoms with E-state index in [1.165, 1.54) is 6.07 Å². The van der Waals surface area contributed by atoms with Crippen LogP contribution < -0.4 is 5.32 Å². The molecular weight excluding hydrogens is 298 g/mol. The first kappa shape index (κ1) is 12.5. The molecule has 6 heteroatoms. The van der Waals surface area contributed by atoms with Gasteiger partial charge in [-0.25, -0.2) is 4.98 Å². The van der Waals surface area contributed by atoms with E-state index >= 15 is 0 Å². The molecule has 0 amide bonds. The maximum Gasteiger partial charge on any atom is 0.269 e. The van der Waals surface area contributed by atoms with Crippen molar-refractivity contribution < 1.29 is 4.92 Å². The van der Waals surface area contributed by atoms with Gasteiger partial charge in [-0.05, 0) is 33.6 Å². The Morgan fingerprint density at radius 3 is 2.78 bits per heavy atom. The van der Waals surface area contributed by atoms with Gasteiger partial charge in [0.2, 0.25) is 0 Å². The van der Waals surface area contributed by atoms with Crippen LogP contribution in [0.5, 0.6) is 0 Å². The minimum absolute atomic E-state index is 0.0940. The van der Waals surface area contributed by atoms with E-state index in [1.807, 2.05) is 24.3 Å². The molecule has 0 atom stereocenters. The molecule has 0 fully saturated rings. The lowest BCUT2D eigenvalue weighted by Crippen LogP contribution is -2.01. The molecule has 1 aromatic heterocycles. The van der Waals surface area contributed by atoms with Gasteiger partial charge in [0.25, 0.3) is 5.69 Å². The minimum atomic E-state index is -0.402. The number of non-ortho nitro benzene ring substituents is 1. The Morgan fingerprint density at radius 2 is 2.06 bits per heavy atom. The fourth-order valence-electron chi connectivity index (χ4n) is 1.48. The van der Waals surface area contributed by atoms with Crippen LogP contribution in [0.1, 0.15) is 5.56 Å². The van der Waals surface area contributed by atoms with E-state index in [4.69, 9.17) is 0 Å². The Hall–Kier alpha value is -1.95. The fourth-order valence-corrected chi connectivity index (χ4v) is 1.82. The SMILES string of the molecule is O=[N+]([O-])c1cccc(CNc2cccc(Br)n2)c1. The number of hydrogen-bond donors (Lipinski definition) is 1. The summed E-state index contributed by atoms with van der Waals surface area (Å²) in [5, 5.41) is 13.7. The molecule has 18 heavy (non-hydrogen) atoms. The molecule has 0 spiro atoms. The van der Waals surface area contributed by atoms with Crippen molar-refractivity contribution in [3.8, 4) is 0 Å². The number of rotatable bonds is 4. The van der Waals surface area contributed by atoms with E-state index in [1.54, 1.807) is 12.1 Å². The van der Waals surface area contributed by atoms with Crippen molar-refractivity contribution >= 4 is 27.4 Å². The Balaban J connectivity index is 2.06. The molecule has 0 saturated carbocycles. The summed E-state index contributed by atoms with van der Waals surface area (Å²) < 4.78 is 0.742. The number of benzene rings is 1. The van der Waals surface area contributed by atoms with Gasteiger partial charge >= 0.3 is 0 Å². The lowest BCUT2D eigenvalue weighted by atomic mass is 10.2. The monoisotopic (exact) mass is 307 g/mol. The van der Waals surface area contributed by atoms with Crippen molar-refractivity contribution in [1.82, 2.24) is 4.98 Å². The maximum atomic E-state index is 10.6. The van der Waals surface area contributed by atoms with Crippen LogP contribution in [0.3, 0.4) is 0 Å². The third-order valence-corrected chi connectivity index (χ3v) is 2.75. The Kier molecular flexibility index (Phi) is 3.88. The van der Waals surface area contributed by atoms with Gasteiger partial charge in [-0.1, -0.05) is 18.2 Å². The highest BCUT2D eigenvalue weighted by molar-refractivity contribution is 9.10. The van der Waals surface area contributed by atoms with Gasteiger partial charge in [-0.3, -0.25) is 10.1 Å². The maximum absolute atomic E-state index is 10.6. The standard InChI is InChI=1S/C12H10BrN3O2/c13-11-5-2-6-12(15-11)14-8-9-3-1-4-10(7-9)16(17)18/h1-7H,8H2,(H,14,15). The van der Waals surface area contributed by atoms with Crippen molar-refractivity contribution in [1.29, 1.82) is 0 Å². The van der Waals surface area contributed by atoms with Crippen LogP contribution in [-0.2, 0) is 6.54 Å². The molecule has 1 N–H and O–H groups in total. The molecule has 0 aliphatic carbocycles. The largest absolute Gasteiger partial charge is 0.366 e. The summed E-state index contributed by atoms with van der Waals surface area (Å²) >= 11 is 3.28. The molecular formula is C12H10BrN3O2. The first-order chi connectivity index (χ1) is 8.65. The number of anilines is 1. The molecule has 5 nitrogen and oxygen atoms in total. The van der Waals surface area contributed by atoms with Crippen LogP contribution in [0.4, 0.5) is 11.5 Å². The predicted molar refractivity (Wildman–Crippen MR) is 72.4 cm³/mol. The molecule has 2 aromatic rings. The molecule has 0 aliphatic heterocycles. The van der Waals surface area contributed by atoms with Gasteiger partial charge in [-0.15, -0.1) is 0 Å². The average Bonchev–Trinajstić information content (AvgIpc) is 2.37. The van der Waals surface area contributed by atoms with Crippen LogP contribution in [0.25, 0.3) is 0 Å². The zero-order chi connectivity index (χ0) is 13.0. The van der Waals surface area contributed by atoms with Gasteiger partial charge in [0.1, 0.15) is 10.4 Å². The summed E-state index contributed by atoms with van der Waals surface area (Å²) in [7, 11) is 0. The van der Waals surface area contributed by atoms with Gasteiger partial charge in [0, 0.05) is 18.7 Å². The van der Waals surface area contributed by atoms with Crippen LogP contribution in [0.15, 0.2) is 47.1 Å². The van der Waals surface area contributed by atoms with Crippen molar-refractivity contribution in [3.63, 3.8) is 0 Å². The second-order valence-corrected chi connectivity index (χ2v) is 4.44. The number of pyridine rings is 1. The van der Waals surface area contributed by atoms with E-state index in [0.717, 1.165) is 16.0 Å². The first-order valence-corrected chi connectivity index (χ1v) is 6.04. The van der Waals surface area contributed by atoms with Crippen LogP contribution in [0.2, 0.25) is 0 Å². The van der Waals surface area contributed by atoms with Gasteiger partial charge in [0.05, 0.1) is 4.92 Å². The number of nitrogens with zero attached hydrogens (tertiary/aromatic N) is 2. The number of hydrogen-bond acceptors (Lipinski definition) is 4. The summed E-state index contributed by atoms with van der Waals surface area (Å²) in [6, 6.07) is 12.1. The molecule has 0 unspecified atom stereocenters. The lowest BCUT2D eigenvalue weighted by molar-refractivity contribution is -0.384. The van der Waals surface area contributed by atoms with Crippen LogP contribution in [-0.4, -0.2) is 9.91 Å². The van der Waals surface area contributed by atoms with Gasteiger partial charge in [0.15, 0.2) is 0 Å². The van der Waals surface area contributed by atoms with Crippen molar-refractivity contribution in [2.75, 3.05) is 5.32 Å². The van der Waals surface area contributed by atoms with Gasteiger partial charge < -0.3 is 5.32 Å². The predicted octanol–water partition coefficient (Wildman–Crippen LogP) is 3.36. The third kappa shape index (κ3) is 3.27. The van der Waals surface area contributed by atoms with E-state index in [9.17, 15) is 10.1 Å². The molecule has 1 heterocycles. The third-order valence-electron chi connectivity index (χ3n) is 2.31. The van der Waals surface area contributed by atoms with Crippen molar-refractivity contribution in [2.24, 2.45) is 0 Å². The smallest absolute Gasteiger partial charge is 0.269 e. The summed E-state index contributed by atoms with van der Waals surface area (Å²) in [6.07, 6.45) is 0. The lowest BCUT2D eigenvalue weighted by Gasteiger charge is -2.05. The second kappa shape index (κ2) is 5.59. The highest BCUT2D eigenvalue weighted by Crippen LogP contribution is 2.15. The van der Waals surface area contributed by atoms with Crippen molar-refractivity contribution in [3.05, 3.63) is 62.7 Å². The summed E-state index contributed by atoms with van der Waals surface area (Å²) in [6.45, 7) is 0.491. The fraction of sp³-hybridized carbons (Fsp3) is 0.0833. The normalized spacial score (nSPS) is 10.1. The summed E-state index contributed by atoms with van der Waals surface area (Å²) in [5.41, 5.74) is 0.933. The summed E-state index contributed by atoms with van der Waals surface area (Å²) in [5.74, 6) is 0.718. The second-order valence-electron chi connectivity index (χ2n) is 3.63. The van der Waals surface area contributed by atoms with Gasteiger partial charge in [-0.2, -0.15) is 0 Å². The quantitative estimate of drug-likeness (QED) is 0.534. The number of nitro groups is 1. The highest BCUT2D eigenvalue weighted by Gasteiger charge is 2.05. The molecule has 0 saturated heterocycles. The zero-order valence-electron chi connectivity index (χ0n) is 9.34. The summed E-state index contributed by atoms with van der Waals surface area (Å²) in [4.78, 5) is 14.5. The number of halogens is 1. The number of nitrogens with one attached hydrogen (secondary N) is 1. The molecule has 92 valence electrons. The molecule has 0 radical (unpaired) electrons. The molecule has 0 aliphatic rings. The topological polar surface area (TPSA) is 68.1 Å². The van der Waals surface area contributed by atoms with Crippen LogP contribution in [0, 0.1) is 10.1 Å². The van der Waals surface area contributed by atoms with E-state index in [0.29, 0.717) is 6.54 Å². The van der Waals surface area contributed by atoms with E-state index in [2.05, 4.69) is 26.2 Å². The molecule has 2 rings (SSSR count). The Bertz CT molecular complexity index is 575. The number of nitro benzene ring substituents is 1. The van der Waals surface area contributed by atoms with E-state index in [-0.39, 0.29) is 5.69 Å². The molecule has 1 aromatic carbocycles. The van der Waals surface area contributed by atoms with Crippen LogP contribution >= 0.6 is 15.9 Å². The Morgan fingerprint density at radius 1 is 1.28 bits per heavy atom. The zero-order valence-corrected chi connectivity index (χ0v) is 10.9. The van der Waals surface area contributed by atoms with E-state index < -0.39 is 4.92 Å². The van der Waals surface area contributed by atoms with Crippen molar-refractivity contribution in [2.45, 2.75) is 6.54 Å².